The van der Waals surface area contributed by atoms with Gasteiger partial charge in [-0.25, -0.2) is 9.97 Å². The summed E-state index contributed by atoms with van der Waals surface area (Å²) in [6, 6.07) is 7.25. The monoisotopic (exact) mass is 303 g/mol. The second-order valence-electron chi connectivity index (χ2n) is 4.13. The van der Waals surface area contributed by atoms with Crippen LogP contribution in [0.1, 0.15) is 0 Å². The van der Waals surface area contributed by atoms with Crippen molar-refractivity contribution in [2.75, 3.05) is 6.26 Å². The lowest BCUT2D eigenvalue weighted by molar-refractivity contribution is 0.990. The minimum absolute atomic E-state index is 0.125. The number of aromatic amines is 1. The fourth-order valence-electron chi connectivity index (χ4n) is 1.97. The SMILES string of the molecule is CSc1ncc2c(=O)c(-c3ccccc3Cl)c[nH]c2n1. The topological polar surface area (TPSA) is 58.6 Å². The second kappa shape index (κ2) is 5.26. The summed E-state index contributed by atoms with van der Waals surface area (Å²) in [6.07, 6.45) is 5.08. The molecule has 0 saturated heterocycles. The van der Waals surface area contributed by atoms with E-state index in [9.17, 15) is 4.79 Å². The van der Waals surface area contributed by atoms with Crippen LogP contribution in [0.4, 0.5) is 0 Å². The van der Waals surface area contributed by atoms with E-state index in [0.29, 0.717) is 32.3 Å². The summed E-state index contributed by atoms with van der Waals surface area (Å²) < 4.78 is 0. The van der Waals surface area contributed by atoms with Gasteiger partial charge >= 0.3 is 0 Å². The number of thioether (sulfide) groups is 1. The molecule has 100 valence electrons. The number of nitrogens with one attached hydrogen (secondary N) is 1. The molecule has 6 heteroatoms. The molecule has 0 aliphatic heterocycles. The van der Waals surface area contributed by atoms with Crippen molar-refractivity contribution in [2.45, 2.75) is 5.16 Å². The summed E-state index contributed by atoms with van der Waals surface area (Å²) in [5, 5.41) is 1.62. The molecule has 3 aromatic rings. The van der Waals surface area contributed by atoms with Crippen LogP contribution in [0, 0.1) is 0 Å². The molecular weight excluding hydrogens is 294 g/mol. The van der Waals surface area contributed by atoms with Gasteiger partial charge in [-0.1, -0.05) is 41.6 Å². The molecule has 0 aliphatic rings. The average molecular weight is 304 g/mol. The van der Waals surface area contributed by atoms with Crippen LogP contribution in [-0.4, -0.2) is 21.2 Å². The van der Waals surface area contributed by atoms with Crippen LogP contribution < -0.4 is 5.43 Å². The first-order valence-corrected chi connectivity index (χ1v) is 7.48. The van der Waals surface area contributed by atoms with Crippen molar-refractivity contribution >= 4 is 34.4 Å². The first-order chi connectivity index (χ1) is 9.70. The van der Waals surface area contributed by atoms with E-state index in [-0.39, 0.29) is 5.43 Å². The molecule has 0 amide bonds. The number of H-pyrrole nitrogens is 1. The third kappa shape index (κ3) is 2.19. The lowest BCUT2D eigenvalue weighted by atomic mass is 10.1. The molecule has 4 nitrogen and oxygen atoms in total. The first-order valence-electron chi connectivity index (χ1n) is 5.88. The normalized spacial score (nSPS) is 10.9. The molecule has 0 bridgehead atoms. The fourth-order valence-corrected chi connectivity index (χ4v) is 2.55. The van der Waals surface area contributed by atoms with Crippen molar-refractivity contribution in [2.24, 2.45) is 0 Å². The van der Waals surface area contributed by atoms with Crippen LogP contribution in [-0.2, 0) is 0 Å². The van der Waals surface area contributed by atoms with Crippen LogP contribution in [0.3, 0.4) is 0 Å². The second-order valence-corrected chi connectivity index (χ2v) is 5.31. The van der Waals surface area contributed by atoms with Gasteiger partial charge in [-0.3, -0.25) is 4.79 Å². The first kappa shape index (κ1) is 13.1. The van der Waals surface area contributed by atoms with E-state index < -0.39 is 0 Å². The number of aromatic nitrogens is 3. The Morgan fingerprint density at radius 2 is 2.05 bits per heavy atom. The number of halogens is 1. The van der Waals surface area contributed by atoms with Gasteiger partial charge in [0.2, 0.25) is 0 Å². The smallest absolute Gasteiger partial charge is 0.200 e. The summed E-state index contributed by atoms with van der Waals surface area (Å²) in [5.41, 5.74) is 1.62. The Morgan fingerprint density at radius 1 is 1.25 bits per heavy atom. The summed E-state index contributed by atoms with van der Waals surface area (Å²) in [5.74, 6) is 0. The maximum absolute atomic E-state index is 12.5. The van der Waals surface area contributed by atoms with Crippen molar-refractivity contribution in [3.8, 4) is 11.1 Å². The summed E-state index contributed by atoms with van der Waals surface area (Å²) in [6.45, 7) is 0. The van der Waals surface area contributed by atoms with Gasteiger partial charge in [-0.2, -0.15) is 0 Å². The standard InChI is InChI=1S/C14H10ClN3OS/c1-20-14-17-7-10-12(19)9(6-16-13(10)18-14)8-4-2-3-5-11(8)15/h2-7H,1H3,(H,16,17,18,19). The molecule has 0 saturated carbocycles. The Bertz CT molecular complexity index is 847. The predicted octanol–water partition coefficient (Wildman–Crippen LogP) is 3.36. The lowest BCUT2D eigenvalue weighted by Crippen LogP contribution is -2.08. The number of benzene rings is 1. The maximum atomic E-state index is 12.5. The van der Waals surface area contributed by atoms with Crippen LogP contribution >= 0.6 is 23.4 Å². The summed E-state index contributed by atoms with van der Waals surface area (Å²) in [7, 11) is 0. The van der Waals surface area contributed by atoms with Gasteiger partial charge in [-0.05, 0) is 12.3 Å². The minimum Gasteiger partial charge on any atom is -0.345 e. The van der Waals surface area contributed by atoms with E-state index in [4.69, 9.17) is 11.6 Å². The van der Waals surface area contributed by atoms with E-state index in [2.05, 4.69) is 15.0 Å². The molecule has 2 aromatic heterocycles. The van der Waals surface area contributed by atoms with Crippen LogP contribution in [0.2, 0.25) is 5.02 Å². The molecule has 0 spiro atoms. The lowest BCUT2D eigenvalue weighted by Gasteiger charge is -2.05. The fraction of sp³-hybridized carbons (Fsp3) is 0.0714. The molecule has 0 aliphatic carbocycles. The quantitative estimate of drug-likeness (QED) is 0.582. The molecule has 3 rings (SSSR count). The molecule has 20 heavy (non-hydrogen) atoms. The summed E-state index contributed by atoms with van der Waals surface area (Å²) >= 11 is 7.57. The van der Waals surface area contributed by atoms with Gasteiger partial charge < -0.3 is 4.98 Å². The largest absolute Gasteiger partial charge is 0.345 e. The van der Waals surface area contributed by atoms with E-state index in [1.807, 2.05) is 24.5 Å². The highest BCUT2D eigenvalue weighted by Gasteiger charge is 2.11. The van der Waals surface area contributed by atoms with Crippen molar-refractivity contribution in [1.29, 1.82) is 0 Å². The molecule has 1 N–H and O–H groups in total. The molecule has 0 radical (unpaired) electrons. The van der Waals surface area contributed by atoms with Gasteiger partial charge in [-0.15, -0.1) is 0 Å². The van der Waals surface area contributed by atoms with E-state index in [0.717, 1.165) is 0 Å². The number of fused-ring (bicyclic) bond motifs is 1. The zero-order valence-corrected chi connectivity index (χ0v) is 12.1. The van der Waals surface area contributed by atoms with E-state index >= 15 is 0 Å². The highest BCUT2D eigenvalue weighted by Crippen LogP contribution is 2.25. The zero-order valence-electron chi connectivity index (χ0n) is 10.6. The highest BCUT2D eigenvalue weighted by molar-refractivity contribution is 7.98. The van der Waals surface area contributed by atoms with Crippen molar-refractivity contribution in [1.82, 2.24) is 15.0 Å². The zero-order chi connectivity index (χ0) is 14.1. The third-order valence-electron chi connectivity index (χ3n) is 2.96. The Morgan fingerprint density at radius 3 is 2.80 bits per heavy atom. The van der Waals surface area contributed by atoms with Gasteiger partial charge in [0.15, 0.2) is 10.6 Å². The predicted molar refractivity (Wildman–Crippen MR) is 82.4 cm³/mol. The van der Waals surface area contributed by atoms with E-state index in [1.54, 1.807) is 18.5 Å². The van der Waals surface area contributed by atoms with Gasteiger partial charge in [0.05, 0.1) is 5.39 Å². The van der Waals surface area contributed by atoms with Gasteiger partial charge in [0.1, 0.15) is 5.65 Å². The van der Waals surface area contributed by atoms with Crippen molar-refractivity contribution in [3.05, 3.63) is 51.9 Å². The Balaban J connectivity index is 2.27. The number of hydrogen-bond acceptors (Lipinski definition) is 4. The molecular formula is C14H10ClN3OS. The minimum atomic E-state index is -0.125. The molecule has 1 aromatic carbocycles. The van der Waals surface area contributed by atoms with Gasteiger partial charge in [0.25, 0.3) is 0 Å². The number of nitrogens with zero attached hydrogens (tertiary/aromatic N) is 2. The summed E-state index contributed by atoms with van der Waals surface area (Å²) in [4.78, 5) is 24.0. The number of pyridine rings is 1. The van der Waals surface area contributed by atoms with Crippen LogP contribution in [0.15, 0.2) is 46.6 Å². The molecule has 0 unspecified atom stereocenters. The molecule has 0 fully saturated rings. The third-order valence-corrected chi connectivity index (χ3v) is 3.85. The van der Waals surface area contributed by atoms with Gasteiger partial charge in [0, 0.05) is 28.5 Å². The van der Waals surface area contributed by atoms with Crippen molar-refractivity contribution < 1.29 is 0 Å². The Labute approximate surface area is 124 Å². The molecule has 2 heterocycles. The average Bonchev–Trinajstić information content (AvgIpc) is 2.48. The molecule has 0 atom stereocenters. The Hall–Kier alpha value is -1.85. The van der Waals surface area contributed by atoms with E-state index in [1.165, 1.54) is 11.8 Å². The number of rotatable bonds is 2. The van der Waals surface area contributed by atoms with Crippen molar-refractivity contribution in [3.63, 3.8) is 0 Å². The Kier molecular flexibility index (Phi) is 3.46. The number of hydrogen-bond donors (Lipinski definition) is 1. The highest BCUT2D eigenvalue weighted by atomic mass is 35.5. The van der Waals surface area contributed by atoms with Crippen LogP contribution in [0.5, 0.6) is 0 Å². The van der Waals surface area contributed by atoms with Crippen LogP contribution in [0.25, 0.3) is 22.2 Å². The maximum Gasteiger partial charge on any atom is 0.200 e.